The highest BCUT2D eigenvalue weighted by Gasteiger charge is 2.22. The molecule has 0 spiro atoms. The summed E-state index contributed by atoms with van der Waals surface area (Å²) in [5.41, 5.74) is 1.92. The van der Waals surface area contributed by atoms with E-state index in [-0.39, 0.29) is 28.8 Å². The summed E-state index contributed by atoms with van der Waals surface area (Å²) in [6.07, 6.45) is 0. The molecule has 0 radical (unpaired) electrons. The molecule has 0 saturated heterocycles. The molecule has 168 valence electrons. The van der Waals surface area contributed by atoms with Crippen molar-refractivity contribution in [3.63, 3.8) is 0 Å². The maximum atomic E-state index is 12.9. The molecule has 0 heterocycles. The second-order valence-electron chi connectivity index (χ2n) is 7.14. The number of nitrogens with one attached hydrogen (secondary N) is 2. The Morgan fingerprint density at radius 3 is 2.25 bits per heavy atom. The number of ether oxygens (including phenoxy) is 2. The van der Waals surface area contributed by atoms with Crippen molar-refractivity contribution in [1.29, 1.82) is 0 Å². The third-order valence-corrected chi connectivity index (χ3v) is 6.41. The van der Waals surface area contributed by atoms with Gasteiger partial charge in [-0.25, -0.2) is 13.1 Å². The van der Waals surface area contributed by atoms with Crippen LogP contribution < -0.4 is 19.5 Å². The molecule has 2 N–H and O–H groups in total. The van der Waals surface area contributed by atoms with Crippen LogP contribution in [-0.4, -0.2) is 28.5 Å². The van der Waals surface area contributed by atoms with Gasteiger partial charge in [-0.3, -0.25) is 4.79 Å². The molecular weight excluding hydrogens is 428 g/mol. The van der Waals surface area contributed by atoms with E-state index in [0.717, 1.165) is 16.9 Å². The molecule has 0 aliphatic carbocycles. The van der Waals surface area contributed by atoms with Gasteiger partial charge in [0.05, 0.1) is 20.3 Å². The zero-order valence-electron chi connectivity index (χ0n) is 18.2. The van der Waals surface area contributed by atoms with Gasteiger partial charge in [0.25, 0.3) is 5.91 Å². The topological polar surface area (TPSA) is 93.7 Å². The van der Waals surface area contributed by atoms with E-state index in [1.165, 1.54) is 25.3 Å². The summed E-state index contributed by atoms with van der Waals surface area (Å²) in [7, 11) is -0.941. The lowest BCUT2D eigenvalue weighted by molar-refractivity contribution is 0.0939. The first-order chi connectivity index (χ1) is 15.3. The molecule has 3 aromatic carbocycles. The number of sulfonamides is 1. The highest BCUT2D eigenvalue weighted by atomic mass is 32.2. The average Bonchev–Trinajstić information content (AvgIpc) is 2.83. The Bertz CT molecular complexity index is 1160. The van der Waals surface area contributed by atoms with Crippen LogP contribution in [0, 0.1) is 0 Å². The van der Waals surface area contributed by atoms with Crippen molar-refractivity contribution in [2.45, 2.75) is 24.4 Å². The molecule has 3 aromatic rings. The summed E-state index contributed by atoms with van der Waals surface area (Å²) in [5, 5.41) is 2.89. The van der Waals surface area contributed by atoms with Crippen LogP contribution in [0.2, 0.25) is 0 Å². The van der Waals surface area contributed by atoms with Gasteiger partial charge in [0.15, 0.2) is 0 Å². The van der Waals surface area contributed by atoms with Crippen molar-refractivity contribution in [3.8, 4) is 11.5 Å². The Hall–Kier alpha value is -3.36. The van der Waals surface area contributed by atoms with Crippen molar-refractivity contribution in [2.24, 2.45) is 0 Å². The maximum absolute atomic E-state index is 12.9. The van der Waals surface area contributed by atoms with Crippen molar-refractivity contribution in [1.82, 2.24) is 10.0 Å². The van der Waals surface area contributed by atoms with E-state index >= 15 is 0 Å². The van der Waals surface area contributed by atoms with Crippen molar-refractivity contribution in [2.75, 3.05) is 14.2 Å². The Balaban J connectivity index is 1.78. The van der Waals surface area contributed by atoms with Gasteiger partial charge in [0.1, 0.15) is 16.4 Å². The number of hydrogen-bond donors (Lipinski definition) is 2. The summed E-state index contributed by atoms with van der Waals surface area (Å²) in [4.78, 5) is 12.7. The third-order valence-electron chi connectivity index (χ3n) is 4.99. The number of amides is 1. The van der Waals surface area contributed by atoms with Crippen LogP contribution in [0.4, 0.5) is 0 Å². The van der Waals surface area contributed by atoms with Crippen LogP contribution in [0.5, 0.6) is 11.5 Å². The van der Waals surface area contributed by atoms with Gasteiger partial charge in [-0.2, -0.15) is 0 Å². The summed E-state index contributed by atoms with van der Waals surface area (Å²) in [5.74, 6) is 0.487. The largest absolute Gasteiger partial charge is 0.497 e. The lowest BCUT2D eigenvalue weighted by atomic mass is 10.1. The lowest BCUT2D eigenvalue weighted by Crippen LogP contribution is -2.28. The average molecular weight is 455 g/mol. The first-order valence-electron chi connectivity index (χ1n) is 10.0. The molecule has 0 fully saturated rings. The highest BCUT2D eigenvalue weighted by Crippen LogP contribution is 2.26. The van der Waals surface area contributed by atoms with E-state index in [9.17, 15) is 13.2 Å². The second-order valence-corrected chi connectivity index (χ2v) is 8.88. The molecule has 0 aliphatic heterocycles. The number of carbonyl (C=O) groups excluding carboxylic acids is 1. The zero-order chi connectivity index (χ0) is 23.1. The predicted octanol–water partition coefficient (Wildman–Crippen LogP) is 3.67. The number of hydrogen-bond acceptors (Lipinski definition) is 5. The molecule has 32 heavy (non-hydrogen) atoms. The molecule has 8 heteroatoms. The van der Waals surface area contributed by atoms with Crippen LogP contribution in [0.1, 0.15) is 34.5 Å². The summed E-state index contributed by atoms with van der Waals surface area (Å²) in [6.45, 7) is 1.97. The number of carbonyl (C=O) groups is 1. The molecule has 0 bridgehead atoms. The third kappa shape index (κ3) is 5.66. The van der Waals surface area contributed by atoms with Gasteiger partial charge < -0.3 is 14.8 Å². The molecule has 7 nitrogen and oxygen atoms in total. The van der Waals surface area contributed by atoms with Gasteiger partial charge in [-0.05, 0) is 48.4 Å². The summed E-state index contributed by atoms with van der Waals surface area (Å²) in [6, 6.07) is 20.6. The zero-order valence-corrected chi connectivity index (χ0v) is 19.0. The first-order valence-corrected chi connectivity index (χ1v) is 11.5. The standard InChI is InChI=1S/C24H26N2O5S/c1-17(19-9-12-21(30-2)13-10-19)26-24(27)20-11-14-22(31-3)23(15-20)32(28,29)25-16-18-7-5-4-6-8-18/h4-15,17,25H,16H2,1-3H3,(H,26,27)/t17-/m0/s1. The van der Waals surface area contributed by atoms with Crippen LogP contribution in [0.25, 0.3) is 0 Å². The van der Waals surface area contributed by atoms with E-state index in [0.29, 0.717) is 0 Å². The molecule has 1 amide bonds. The van der Waals surface area contributed by atoms with Gasteiger partial charge >= 0.3 is 0 Å². The van der Waals surface area contributed by atoms with Gasteiger partial charge in [-0.15, -0.1) is 0 Å². The van der Waals surface area contributed by atoms with E-state index in [1.807, 2.05) is 61.5 Å². The van der Waals surface area contributed by atoms with Crippen molar-refractivity contribution in [3.05, 3.63) is 89.5 Å². The lowest BCUT2D eigenvalue weighted by Gasteiger charge is -2.16. The summed E-state index contributed by atoms with van der Waals surface area (Å²) < 4.78 is 38.8. The smallest absolute Gasteiger partial charge is 0.251 e. The second kappa shape index (κ2) is 10.3. The molecule has 0 aliphatic rings. The van der Waals surface area contributed by atoms with E-state index in [1.54, 1.807) is 7.11 Å². The van der Waals surface area contributed by atoms with E-state index in [4.69, 9.17) is 9.47 Å². The Labute approximate surface area is 188 Å². The van der Waals surface area contributed by atoms with Gasteiger partial charge in [0, 0.05) is 12.1 Å². The normalized spacial score (nSPS) is 12.1. The van der Waals surface area contributed by atoms with Gasteiger partial charge in [-0.1, -0.05) is 42.5 Å². The fourth-order valence-corrected chi connectivity index (χ4v) is 4.35. The Morgan fingerprint density at radius 2 is 1.62 bits per heavy atom. The first kappa shape index (κ1) is 23.3. The fourth-order valence-electron chi connectivity index (χ4n) is 3.14. The minimum absolute atomic E-state index is 0.0966. The number of benzene rings is 3. The van der Waals surface area contributed by atoms with Crippen molar-refractivity contribution < 1.29 is 22.7 Å². The van der Waals surface area contributed by atoms with E-state index in [2.05, 4.69) is 10.0 Å². The molecular formula is C24H26N2O5S. The summed E-state index contributed by atoms with van der Waals surface area (Å²) >= 11 is 0. The van der Waals surface area contributed by atoms with Crippen LogP contribution in [-0.2, 0) is 16.6 Å². The van der Waals surface area contributed by atoms with Gasteiger partial charge in [0.2, 0.25) is 10.0 Å². The van der Waals surface area contributed by atoms with E-state index < -0.39 is 15.9 Å². The van der Waals surface area contributed by atoms with Crippen LogP contribution >= 0.6 is 0 Å². The number of rotatable bonds is 9. The fraction of sp³-hybridized carbons (Fsp3) is 0.208. The van der Waals surface area contributed by atoms with Crippen molar-refractivity contribution >= 4 is 15.9 Å². The number of methoxy groups -OCH3 is 2. The molecule has 3 rings (SSSR count). The highest BCUT2D eigenvalue weighted by molar-refractivity contribution is 7.89. The molecule has 0 aromatic heterocycles. The SMILES string of the molecule is COc1ccc([C@H](C)NC(=O)c2ccc(OC)c(S(=O)(=O)NCc3ccccc3)c2)cc1. The Morgan fingerprint density at radius 1 is 0.938 bits per heavy atom. The van der Waals surface area contributed by atoms with Crippen LogP contribution in [0.3, 0.4) is 0 Å². The minimum Gasteiger partial charge on any atom is -0.497 e. The Kier molecular flexibility index (Phi) is 7.50. The quantitative estimate of drug-likeness (QED) is 0.515. The van der Waals surface area contributed by atoms with Crippen LogP contribution in [0.15, 0.2) is 77.7 Å². The molecule has 0 saturated carbocycles. The monoisotopic (exact) mass is 454 g/mol. The molecule has 0 unspecified atom stereocenters. The maximum Gasteiger partial charge on any atom is 0.251 e. The molecule has 1 atom stereocenters. The minimum atomic E-state index is -3.91. The predicted molar refractivity (Wildman–Crippen MR) is 122 cm³/mol.